The number of halogens is 1. The van der Waals surface area contributed by atoms with Crippen LogP contribution in [0.1, 0.15) is 15.9 Å². The maximum atomic E-state index is 15.7. The van der Waals surface area contributed by atoms with Crippen LogP contribution in [0.4, 0.5) is 4.39 Å². The largest absolute Gasteiger partial charge is 0.530 e. The molecule has 29 heavy (non-hydrogen) atoms. The molecule has 1 unspecified atom stereocenters. The predicted molar refractivity (Wildman–Crippen MR) is 97.3 cm³/mol. The van der Waals surface area contributed by atoms with Gasteiger partial charge in [-0.2, -0.15) is 0 Å². The molecule has 1 saturated heterocycles. The molecule has 0 aliphatic carbocycles. The van der Waals surface area contributed by atoms with Crippen LogP contribution in [-0.4, -0.2) is 44.4 Å². The molecule has 3 N–H and O–H groups in total. The third-order valence-corrected chi connectivity index (χ3v) is 5.52. The third kappa shape index (κ3) is 3.80. The second-order valence-corrected chi connectivity index (χ2v) is 8.03. The molecule has 1 fully saturated rings. The Bertz CT molecular complexity index is 1230. The first-order valence-electron chi connectivity index (χ1n) is 9.62. The molecule has 13 heteroatoms. The summed E-state index contributed by atoms with van der Waals surface area (Å²) in [5.41, 5.74) is -0.635. The number of aromatic amines is 1. The highest BCUT2D eigenvalue weighted by atomic mass is 32.1. The number of nitrogens with zero attached hydrogens (tertiary/aromatic N) is 1. The Morgan fingerprint density at radius 3 is 3.00 bits per heavy atom. The number of aliphatic hydroxyl groups excluding tert-OH is 2. The van der Waals surface area contributed by atoms with Crippen molar-refractivity contribution in [1.82, 2.24) is 9.55 Å². The van der Waals surface area contributed by atoms with Crippen molar-refractivity contribution in [2.24, 2.45) is 0 Å². The lowest BCUT2D eigenvalue weighted by Crippen LogP contribution is -2.43. The van der Waals surface area contributed by atoms with Gasteiger partial charge in [-0.3, -0.25) is 18.6 Å². The summed E-state index contributed by atoms with van der Waals surface area (Å²) in [5.74, 6) is -3.94. The Balaban J connectivity index is 1.67. The number of aliphatic hydroxyl groups is 2. The van der Waals surface area contributed by atoms with Crippen LogP contribution >= 0.6 is 20.0 Å². The fourth-order valence-electron chi connectivity index (χ4n) is 2.65. The summed E-state index contributed by atoms with van der Waals surface area (Å²) in [6.07, 6.45) is -7.40. The first-order valence-corrected chi connectivity index (χ1v) is 9.99. The maximum Gasteiger partial charge on any atom is 0.530 e. The number of aromatic nitrogens is 2. The van der Waals surface area contributed by atoms with E-state index in [2.05, 4.69) is 9.51 Å². The Morgan fingerprint density at radius 1 is 1.48 bits per heavy atom. The molecular formula is C16H16FN2O8PS. The summed E-state index contributed by atoms with van der Waals surface area (Å²) in [5, 5.41) is 20.6. The number of rotatable bonds is 4. The number of nitrogens with one attached hydrogen (secondary N) is 1. The van der Waals surface area contributed by atoms with Gasteiger partial charge in [0.2, 0.25) is 0 Å². The van der Waals surface area contributed by atoms with E-state index in [-0.39, 0.29) is 17.0 Å². The highest BCUT2D eigenvalue weighted by Crippen LogP contribution is 2.55. The third-order valence-electron chi connectivity index (χ3n) is 4.10. The summed E-state index contributed by atoms with van der Waals surface area (Å²) in [7, 11) is -4.78. The average Bonchev–Trinajstić information content (AvgIpc) is 2.89. The lowest BCUT2D eigenvalue weighted by molar-refractivity contribution is -0.205. The minimum absolute atomic E-state index is 0.0413. The van der Waals surface area contributed by atoms with E-state index in [0.29, 0.717) is 10.1 Å². The topological polar surface area (TPSA) is 132 Å². The van der Waals surface area contributed by atoms with Gasteiger partial charge in [0.1, 0.15) is 29.2 Å². The van der Waals surface area contributed by atoms with Crippen LogP contribution in [0.3, 0.4) is 0 Å². The van der Waals surface area contributed by atoms with Crippen LogP contribution in [0.25, 0.3) is 0 Å². The number of H-pyrrole nitrogens is 1. The minimum atomic E-state index is -4.78. The minimum Gasteiger partial charge on any atom is -0.404 e. The first kappa shape index (κ1) is 16.8. The number of hydrogen-bond donors (Lipinski definition) is 3. The fourth-order valence-corrected chi connectivity index (χ4v) is 3.89. The van der Waals surface area contributed by atoms with Gasteiger partial charge in [-0.05, 0) is 12.1 Å². The standard InChI is InChI=1S/C16H16FN2O8PS/c17-16(8-25-28(23)24-7-9-3-1-2-4-10(9)27-28)13(21)12(20)14(26-16)19-6-5-11(29)18-15(19)22/h1-6,12-14,20-21H,7-8H2,(H,18,22,29)/t12-,13+,14-,16-,28?/m1/s1/i8D2,14D. The summed E-state index contributed by atoms with van der Waals surface area (Å²) in [6, 6.07) is 7.30. The monoisotopic (exact) mass is 449 g/mol. The van der Waals surface area contributed by atoms with Gasteiger partial charge in [-0.25, -0.2) is 13.8 Å². The SMILES string of the molecule is [2H]C([2H])(OP1(=O)OCc2ccccc2O1)[C@@]1(F)O[C@@]([2H])(n2ccc(=S)[nH]c2=O)[C@H](O)[C@@H]1O. The van der Waals surface area contributed by atoms with Gasteiger partial charge in [0.25, 0.3) is 5.85 Å². The van der Waals surface area contributed by atoms with Crippen LogP contribution in [-0.2, 0) is 25.0 Å². The van der Waals surface area contributed by atoms with E-state index < -0.39 is 44.3 Å². The smallest absolute Gasteiger partial charge is 0.404 e. The van der Waals surface area contributed by atoms with Crippen molar-refractivity contribution >= 4 is 20.0 Å². The van der Waals surface area contributed by atoms with Gasteiger partial charge < -0.3 is 19.5 Å². The molecule has 2 aromatic rings. The van der Waals surface area contributed by atoms with E-state index in [1.54, 1.807) is 12.1 Å². The van der Waals surface area contributed by atoms with E-state index in [1.807, 2.05) is 0 Å². The number of ether oxygens (including phenoxy) is 1. The van der Waals surface area contributed by atoms with E-state index in [9.17, 15) is 19.6 Å². The molecule has 4 rings (SSSR count). The molecule has 10 nitrogen and oxygen atoms in total. The number of para-hydroxylation sites is 1. The summed E-state index contributed by atoms with van der Waals surface area (Å²) in [6.45, 7) is -4.10. The summed E-state index contributed by atoms with van der Waals surface area (Å²) in [4.78, 5) is 14.3. The molecule has 0 amide bonds. The van der Waals surface area contributed by atoms with Crippen molar-refractivity contribution in [3.8, 4) is 5.75 Å². The summed E-state index contributed by atoms with van der Waals surface area (Å²) >= 11 is 4.76. The van der Waals surface area contributed by atoms with Crippen molar-refractivity contribution in [3.05, 3.63) is 57.2 Å². The van der Waals surface area contributed by atoms with Crippen molar-refractivity contribution in [2.45, 2.75) is 30.9 Å². The molecule has 1 aromatic heterocycles. The van der Waals surface area contributed by atoms with Gasteiger partial charge in [-0.15, -0.1) is 0 Å². The van der Waals surface area contributed by atoms with Gasteiger partial charge in [-0.1, -0.05) is 30.4 Å². The Kier molecular flexibility index (Phi) is 4.30. The zero-order chi connectivity index (χ0) is 23.5. The Morgan fingerprint density at radius 2 is 2.24 bits per heavy atom. The van der Waals surface area contributed by atoms with E-state index >= 15 is 4.39 Å². The molecule has 0 spiro atoms. The molecule has 2 aliphatic rings. The number of benzene rings is 1. The van der Waals surface area contributed by atoms with Gasteiger partial charge >= 0.3 is 13.5 Å². The predicted octanol–water partition coefficient (Wildman–Crippen LogP) is 1.56. The normalized spacial score (nSPS) is 38.4. The highest BCUT2D eigenvalue weighted by Gasteiger charge is 2.57. The number of hydrogen-bond acceptors (Lipinski definition) is 9. The molecule has 3 heterocycles. The van der Waals surface area contributed by atoms with Gasteiger partial charge in [0.15, 0.2) is 6.20 Å². The van der Waals surface area contributed by atoms with Gasteiger partial charge in [0, 0.05) is 11.8 Å². The van der Waals surface area contributed by atoms with Crippen LogP contribution < -0.4 is 10.2 Å². The molecule has 0 radical (unpaired) electrons. The van der Waals surface area contributed by atoms with E-state index in [1.165, 1.54) is 12.1 Å². The van der Waals surface area contributed by atoms with E-state index in [4.69, 9.17) is 30.1 Å². The van der Waals surface area contributed by atoms with E-state index in [0.717, 1.165) is 12.3 Å². The Hall–Kier alpha value is -1.92. The van der Waals surface area contributed by atoms with Crippen molar-refractivity contribution in [1.29, 1.82) is 0 Å². The number of alkyl halides is 1. The van der Waals surface area contributed by atoms with Gasteiger partial charge in [0.05, 0.1) is 10.7 Å². The number of phosphoric acid groups is 1. The Labute approximate surface area is 172 Å². The molecule has 0 bridgehead atoms. The van der Waals surface area contributed by atoms with Crippen LogP contribution in [0.15, 0.2) is 41.3 Å². The molecule has 2 aliphatic heterocycles. The second-order valence-electron chi connectivity index (χ2n) is 6.07. The molecule has 1 aromatic carbocycles. The molecule has 156 valence electrons. The lowest BCUT2D eigenvalue weighted by Gasteiger charge is -2.28. The number of phosphoric ester groups is 1. The average molecular weight is 449 g/mol. The first-order chi connectivity index (χ1) is 14.8. The number of fused-ring (bicyclic) bond motifs is 1. The fraction of sp³-hybridized carbons (Fsp3) is 0.375. The van der Waals surface area contributed by atoms with Crippen molar-refractivity contribution in [3.63, 3.8) is 0 Å². The summed E-state index contributed by atoms with van der Waals surface area (Å²) < 4.78 is 72.5. The van der Waals surface area contributed by atoms with Crippen LogP contribution in [0, 0.1) is 4.64 Å². The highest BCUT2D eigenvalue weighted by molar-refractivity contribution is 7.71. The molecular weight excluding hydrogens is 430 g/mol. The van der Waals surface area contributed by atoms with Crippen molar-refractivity contribution < 1.29 is 41.6 Å². The lowest BCUT2D eigenvalue weighted by atomic mass is 10.1. The van der Waals surface area contributed by atoms with Crippen LogP contribution in [0.2, 0.25) is 0 Å². The van der Waals surface area contributed by atoms with Crippen LogP contribution in [0.5, 0.6) is 5.75 Å². The second kappa shape index (κ2) is 7.40. The molecule has 5 atom stereocenters. The quantitative estimate of drug-likeness (QED) is 0.470. The maximum absolute atomic E-state index is 15.7. The zero-order valence-corrected chi connectivity index (χ0v) is 16.1. The molecule has 0 saturated carbocycles. The van der Waals surface area contributed by atoms with Crippen molar-refractivity contribution in [2.75, 3.05) is 6.56 Å². The zero-order valence-electron chi connectivity index (χ0n) is 17.4.